The van der Waals surface area contributed by atoms with Gasteiger partial charge >= 0.3 is 10.2 Å². The van der Waals surface area contributed by atoms with Gasteiger partial charge in [0.05, 0.1) is 17.1 Å². The molecule has 6 nitrogen and oxygen atoms in total. The van der Waals surface area contributed by atoms with E-state index in [0.29, 0.717) is 24.3 Å². The molecule has 0 radical (unpaired) electrons. The molecule has 1 fully saturated rings. The summed E-state index contributed by atoms with van der Waals surface area (Å²) in [5.41, 5.74) is 2.15. The zero-order valence-corrected chi connectivity index (χ0v) is 17.3. The summed E-state index contributed by atoms with van der Waals surface area (Å²) < 4.78 is 29.7. The minimum atomic E-state index is -3.63. The smallest absolute Gasteiger partial charge is 0.309 e. The fraction of sp³-hybridized carbons (Fsp3) is 0.429. The standard InChI is InChI=1S/C21H28N4O2S/c1-17-15-23(16-18(2)22-17)13-8-14-24-20-11-6-7-12-21(20)25(28(24,26)27)19-9-4-3-5-10-19/h3-7,9-12,17-18,22H,8,13-16H2,1-2H3. The second kappa shape index (κ2) is 7.73. The van der Waals surface area contributed by atoms with E-state index >= 15 is 0 Å². The van der Waals surface area contributed by atoms with E-state index in [9.17, 15) is 8.42 Å². The van der Waals surface area contributed by atoms with Crippen molar-refractivity contribution in [2.24, 2.45) is 0 Å². The quantitative estimate of drug-likeness (QED) is 0.838. The predicted molar refractivity (Wildman–Crippen MR) is 114 cm³/mol. The largest absolute Gasteiger partial charge is 0.330 e. The molecule has 0 aromatic heterocycles. The van der Waals surface area contributed by atoms with Gasteiger partial charge in [-0.25, -0.2) is 4.31 Å². The summed E-state index contributed by atoms with van der Waals surface area (Å²) in [5, 5.41) is 3.54. The first-order valence-electron chi connectivity index (χ1n) is 9.92. The van der Waals surface area contributed by atoms with Gasteiger partial charge in [-0.05, 0) is 51.1 Å². The predicted octanol–water partition coefficient (Wildman–Crippen LogP) is 2.96. The molecule has 2 aliphatic rings. The number of piperazine rings is 1. The Morgan fingerprint density at radius 3 is 2.18 bits per heavy atom. The molecule has 2 aromatic rings. The summed E-state index contributed by atoms with van der Waals surface area (Å²) in [6.45, 7) is 7.78. The second-order valence-electron chi connectivity index (χ2n) is 7.75. The van der Waals surface area contributed by atoms with E-state index in [1.807, 2.05) is 54.6 Å². The van der Waals surface area contributed by atoms with Gasteiger partial charge in [-0.1, -0.05) is 30.3 Å². The maximum Gasteiger partial charge on any atom is 0.330 e. The zero-order valence-electron chi connectivity index (χ0n) is 16.5. The van der Waals surface area contributed by atoms with Crippen molar-refractivity contribution in [2.45, 2.75) is 32.4 Å². The summed E-state index contributed by atoms with van der Waals surface area (Å²) in [6, 6.07) is 17.8. The van der Waals surface area contributed by atoms with Crippen LogP contribution in [0.4, 0.5) is 17.1 Å². The van der Waals surface area contributed by atoms with Crippen molar-refractivity contribution in [3.8, 4) is 0 Å². The Morgan fingerprint density at radius 2 is 1.50 bits per heavy atom. The van der Waals surface area contributed by atoms with Crippen LogP contribution in [0.3, 0.4) is 0 Å². The Bertz CT molecular complexity index is 909. The molecule has 2 aliphatic heterocycles. The lowest BCUT2D eigenvalue weighted by atomic mass is 10.1. The molecule has 7 heteroatoms. The fourth-order valence-corrected chi connectivity index (χ4v) is 6.08. The number of hydrogen-bond acceptors (Lipinski definition) is 4. The summed E-state index contributed by atoms with van der Waals surface area (Å²) in [6.07, 6.45) is 0.801. The van der Waals surface area contributed by atoms with Gasteiger partial charge in [-0.15, -0.1) is 0 Å². The van der Waals surface area contributed by atoms with Crippen LogP contribution in [-0.2, 0) is 10.2 Å². The molecule has 0 spiro atoms. The van der Waals surface area contributed by atoms with Gasteiger partial charge in [0, 0.05) is 31.7 Å². The lowest BCUT2D eigenvalue weighted by Crippen LogP contribution is -2.54. The van der Waals surface area contributed by atoms with E-state index in [0.717, 1.165) is 37.4 Å². The van der Waals surface area contributed by atoms with Crippen LogP contribution in [0.5, 0.6) is 0 Å². The van der Waals surface area contributed by atoms with Crippen molar-refractivity contribution in [1.29, 1.82) is 0 Å². The van der Waals surface area contributed by atoms with Crippen molar-refractivity contribution in [2.75, 3.05) is 34.8 Å². The van der Waals surface area contributed by atoms with E-state index in [1.54, 1.807) is 4.31 Å². The molecule has 2 atom stereocenters. The highest BCUT2D eigenvalue weighted by atomic mass is 32.2. The molecule has 2 unspecified atom stereocenters. The van der Waals surface area contributed by atoms with Gasteiger partial charge in [0.15, 0.2) is 0 Å². The van der Waals surface area contributed by atoms with E-state index in [2.05, 4.69) is 24.1 Å². The summed E-state index contributed by atoms with van der Waals surface area (Å²) in [5.74, 6) is 0. The van der Waals surface area contributed by atoms with Crippen LogP contribution >= 0.6 is 0 Å². The first-order chi connectivity index (χ1) is 13.5. The molecule has 0 saturated carbocycles. The highest BCUT2D eigenvalue weighted by Gasteiger charge is 2.40. The first-order valence-corrected chi connectivity index (χ1v) is 11.3. The summed E-state index contributed by atoms with van der Waals surface area (Å²) in [7, 11) is -3.63. The number of fused-ring (bicyclic) bond motifs is 1. The summed E-state index contributed by atoms with van der Waals surface area (Å²) >= 11 is 0. The first kappa shape index (κ1) is 19.2. The molecular weight excluding hydrogens is 372 g/mol. The molecule has 2 aromatic carbocycles. The SMILES string of the molecule is CC1CN(CCCN2c3ccccc3N(c3ccccc3)S2(=O)=O)CC(C)N1. The monoisotopic (exact) mass is 400 g/mol. The van der Waals surface area contributed by atoms with E-state index < -0.39 is 10.2 Å². The van der Waals surface area contributed by atoms with Crippen molar-refractivity contribution in [1.82, 2.24) is 10.2 Å². The van der Waals surface area contributed by atoms with Gasteiger partial charge < -0.3 is 10.2 Å². The number of nitrogens with one attached hydrogen (secondary N) is 1. The average molecular weight is 401 g/mol. The third kappa shape index (κ3) is 3.62. The maximum absolute atomic E-state index is 13.4. The van der Waals surface area contributed by atoms with Crippen LogP contribution in [0, 0.1) is 0 Å². The van der Waals surface area contributed by atoms with Gasteiger partial charge in [-0.2, -0.15) is 8.42 Å². The lowest BCUT2D eigenvalue weighted by Gasteiger charge is -2.36. The molecule has 1 N–H and O–H groups in total. The van der Waals surface area contributed by atoms with Crippen LogP contribution < -0.4 is 13.9 Å². The Labute approximate surface area is 167 Å². The van der Waals surface area contributed by atoms with Gasteiger partial charge in [0.25, 0.3) is 0 Å². The van der Waals surface area contributed by atoms with Gasteiger partial charge in [-0.3, -0.25) is 4.31 Å². The van der Waals surface area contributed by atoms with Crippen molar-refractivity contribution in [3.05, 3.63) is 54.6 Å². The van der Waals surface area contributed by atoms with E-state index in [1.165, 1.54) is 4.31 Å². The third-order valence-electron chi connectivity index (χ3n) is 5.34. The number of anilines is 3. The van der Waals surface area contributed by atoms with Gasteiger partial charge in [0.2, 0.25) is 0 Å². The topological polar surface area (TPSA) is 55.9 Å². The van der Waals surface area contributed by atoms with Crippen LogP contribution in [-0.4, -0.2) is 51.6 Å². The van der Waals surface area contributed by atoms with Crippen molar-refractivity contribution >= 4 is 27.3 Å². The molecule has 28 heavy (non-hydrogen) atoms. The Morgan fingerprint density at radius 1 is 0.893 bits per heavy atom. The van der Waals surface area contributed by atoms with E-state index in [-0.39, 0.29) is 0 Å². The molecule has 4 rings (SSSR count). The number of nitrogens with zero attached hydrogens (tertiary/aromatic N) is 3. The third-order valence-corrected chi connectivity index (χ3v) is 7.14. The molecule has 0 aliphatic carbocycles. The molecule has 150 valence electrons. The van der Waals surface area contributed by atoms with Gasteiger partial charge in [0.1, 0.15) is 0 Å². The molecule has 0 bridgehead atoms. The number of benzene rings is 2. The minimum Gasteiger partial charge on any atom is -0.309 e. The Balaban J connectivity index is 1.53. The Kier molecular flexibility index (Phi) is 5.31. The average Bonchev–Trinajstić information content (AvgIpc) is 2.88. The number of rotatable bonds is 5. The van der Waals surface area contributed by atoms with Crippen LogP contribution in [0.15, 0.2) is 54.6 Å². The maximum atomic E-state index is 13.4. The fourth-order valence-electron chi connectivity index (χ4n) is 4.33. The molecule has 1 saturated heterocycles. The highest BCUT2D eigenvalue weighted by Crippen LogP contribution is 2.44. The summed E-state index contributed by atoms with van der Waals surface area (Å²) in [4.78, 5) is 2.43. The number of hydrogen-bond donors (Lipinski definition) is 1. The van der Waals surface area contributed by atoms with E-state index in [4.69, 9.17) is 0 Å². The van der Waals surface area contributed by atoms with Crippen LogP contribution in [0.2, 0.25) is 0 Å². The molecule has 0 amide bonds. The molecular formula is C21H28N4O2S. The minimum absolute atomic E-state index is 0.466. The Hall–Kier alpha value is -2.09. The van der Waals surface area contributed by atoms with Crippen LogP contribution in [0.25, 0.3) is 0 Å². The normalized spacial score (nSPS) is 24.4. The highest BCUT2D eigenvalue weighted by molar-refractivity contribution is 7.95. The van der Waals surface area contributed by atoms with Crippen molar-refractivity contribution in [3.63, 3.8) is 0 Å². The van der Waals surface area contributed by atoms with Crippen LogP contribution in [0.1, 0.15) is 20.3 Å². The lowest BCUT2D eigenvalue weighted by molar-refractivity contribution is 0.173. The van der Waals surface area contributed by atoms with Crippen molar-refractivity contribution < 1.29 is 8.42 Å². The number of para-hydroxylation sites is 3. The molecule has 2 heterocycles. The second-order valence-corrected chi connectivity index (χ2v) is 9.45. The zero-order chi connectivity index (χ0) is 19.7.